The summed E-state index contributed by atoms with van der Waals surface area (Å²) in [6.45, 7) is 0. The molecule has 0 spiro atoms. The summed E-state index contributed by atoms with van der Waals surface area (Å²) in [6, 6.07) is 0. The third-order valence-electron chi connectivity index (χ3n) is 0.673. The molecular weight excluding hydrogens is 430 g/mol. The Morgan fingerprint density at radius 1 is 1.43 bits per heavy atom. The predicted octanol–water partition coefficient (Wildman–Crippen LogP) is -0.501. The molecular formula is C4H3NW2. The fraction of sp³-hybridized carbons (Fsp3) is 0. The minimum absolute atomic E-state index is 1.38. The van der Waals surface area contributed by atoms with Gasteiger partial charge in [-0.15, -0.1) is 0 Å². The van der Waals surface area contributed by atoms with E-state index < -0.39 is 0 Å². The molecule has 7 heavy (non-hydrogen) atoms. The van der Waals surface area contributed by atoms with Gasteiger partial charge in [-0.05, 0) is 0 Å². The summed E-state index contributed by atoms with van der Waals surface area (Å²) in [7, 11) is 0. The quantitative estimate of drug-likeness (QED) is 0.544. The number of hydrogen-bond donors (Lipinski definition) is 1. The predicted molar refractivity (Wildman–Crippen MR) is 22.3 cm³/mol. The average Bonchev–Trinajstić information content (AvgIpc) is 1.91. The molecule has 1 rings (SSSR count). The van der Waals surface area contributed by atoms with Gasteiger partial charge in [0.2, 0.25) is 0 Å². The van der Waals surface area contributed by atoms with Gasteiger partial charge in [-0.1, -0.05) is 0 Å². The van der Waals surface area contributed by atoms with Gasteiger partial charge in [-0.25, -0.2) is 0 Å². The van der Waals surface area contributed by atoms with E-state index in [4.69, 9.17) is 0 Å². The Hall–Kier alpha value is 0.657. The van der Waals surface area contributed by atoms with Gasteiger partial charge in [0.1, 0.15) is 0 Å². The fourth-order valence-corrected chi connectivity index (χ4v) is 1.28. The molecule has 1 heterocycles. The Morgan fingerprint density at radius 3 is 2.29 bits per heavy atom. The molecule has 1 nitrogen and oxygen atoms in total. The first kappa shape index (κ1) is 5.79. The van der Waals surface area contributed by atoms with Gasteiger partial charge in [-0.2, -0.15) is 0 Å². The molecule has 1 aliphatic rings. The van der Waals surface area contributed by atoms with Gasteiger partial charge in [0.25, 0.3) is 0 Å². The standard InChI is InChI=1S/C4H3N.2W/c1-2-4-5-3-1;;/h1,3,5H;;. The zero-order valence-corrected chi connectivity index (χ0v) is 9.34. The zero-order valence-electron chi connectivity index (χ0n) is 3.47. The summed E-state index contributed by atoms with van der Waals surface area (Å²) in [4.78, 5) is 0. The topological polar surface area (TPSA) is 12.0 Å². The van der Waals surface area contributed by atoms with Crippen LogP contribution in [0, 0.1) is 0 Å². The van der Waals surface area contributed by atoms with Crippen molar-refractivity contribution in [3.63, 3.8) is 0 Å². The Bertz CT molecular complexity index is 148. The van der Waals surface area contributed by atoms with Crippen LogP contribution < -0.4 is 5.32 Å². The molecule has 0 aromatic heterocycles. The van der Waals surface area contributed by atoms with E-state index >= 15 is 0 Å². The minimum atomic E-state index is 1.38. The van der Waals surface area contributed by atoms with Crippen LogP contribution in [0.5, 0.6) is 0 Å². The van der Waals surface area contributed by atoms with Crippen LogP contribution >= 0.6 is 0 Å². The van der Waals surface area contributed by atoms with E-state index in [1.54, 1.807) is 19.4 Å². The molecule has 0 fully saturated rings. The van der Waals surface area contributed by atoms with Crippen LogP contribution in [0.1, 0.15) is 0 Å². The second-order valence-corrected chi connectivity index (χ2v) is 4.22. The summed E-state index contributed by atoms with van der Waals surface area (Å²) in [5, 5.41) is 3.13. The van der Waals surface area contributed by atoms with Crippen LogP contribution in [0.4, 0.5) is 0 Å². The third kappa shape index (κ3) is 1.27. The zero-order chi connectivity index (χ0) is 5.28. The molecule has 0 amide bonds. The number of nitrogens with one attached hydrogen (secondary N) is 1. The monoisotopic (exact) mass is 433 g/mol. The Morgan fingerprint density at radius 2 is 2.14 bits per heavy atom. The van der Waals surface area contributed by atoms with E-state index in [1.807, 2.05) is 6.20 Å². The molecule has 0 aromatic carbocycles. The van der Waals surface area contributed by atoms with Crippen LogP contribution in [0.2, 0.25) is 0 Å². The van der Waals surface area contributed by atoms with E-state index in [9.17, 15) is 0 Å². The molecule has 0 radical (unpaired) electrons. The first-order valence-electron chi connectivity index (χ1n) is 1.82. The van der Waals surface area contributed by atoms with Crippen molar-refractivity contribution in [1.82, 2.24) is 5.32 Å². The van der Waals surface area contributed by atoms with Crippen LogP contribution in [-0.2, 0) is 38.7 Å². The van der Waals surface area contributed by atoms with Crippen LogP contribution in [0.25, 0.3) is 0 Å². The number of hydrogen-bond acceptors (Lipinski definition) is 1. The van der Waals surface area contributed by atoms with Crippen molar-refractivity contribution in [2.24, 2.45) is 0 Å². The van der Waals surface area contributed by atoms with Crippen molar-refractivity contribution in [1.29, 1.82) is 0 Å². The SMILES string of the molecule is [W]=[C]1C=CN[C]1=[W]. The van der Waals surface area contributed by atoms with Crippen molar-refractivity contribution in [3.05, 3.63) is 12.3 Å². The summed E-state index contributed by atoms with van der Waals surface area (Å²) < 4.78 is 2.84. The van der Waals surface area contributed by atoms with Crippen LogP contribution in [0.3, 0.4) is 0 Å². The molecule has 0 aromatic rings. The van der Waals surface area contributed by atoms with Crippen LogP contribution in [0.15, 0.2) is 12.3 Å². The van der Waals surface area contributed by atoms with Gasteiger partial charge < -0.3 is 0 Å². The van der Waals surface area contributed by atoms with Gasteiger partial charge in [0, 0.05) is 0 Å². The van der Waals surface area contributed by atoms with Crippen molar-refractivity contribution >= 4 is 7.92 Å². The summed E-state index contributed by atoms with van der Waals surface area (Å²) in [5.74, 6) is 0. The van der Waals surface area contributed by atoms with E-state index in [-0.39, 0.29) is 0 Å². The first-order chi connectivity index (χ1) is 3.30. The van der Waals surface area contributed by atoms with Crippen molar-refractivity contribution < 1.29 is 38.7 Å². The second kappa shape index (κ2) is 2.28. The molecule has 0 bridgehead atoms. The third-order valence-corrected chi connectivity index (χ3v) is 5.13. The first-order valence-corrected chi connectivity index (χ1v) is 4.75. The summed E-state index contributed by atoms with van der Waals surface area (Å²) in [5.41, 5.74) is 0. The van der Waals surface area contributed by atoms with E-state index in [0.29, 0.717) is 0 Å². The summed E-state index contributed by atoms with van der Waals surface area (Å²) in [6.07, 6.45) is 4.11. The maximum atomic E-state index is 3.13. The van der Waals surface area contributed by atoms with E-state index in [0.717, 1.165) is 0 Å². The molecule has 1 aliphatic heterocycles. The Labute approximate surface area is 64.0 Å². The molecule has 0 saturated carbocycles. The number of rotatable bonds is 0. The molecule has 0 unspecified atom stereocenters. The van der Waals surface area contributed by atoms with E-state index in [2.05, 4.69) is 11.4 Å². The van der Waals surface area contributed by atoms with Gasteiger partial charge in [-0.3, -0.25) is 0 Å². The van der Waals surface area contributed by atoms with Gasteiger partial charge >= 0.3 is 64.2 Å². The Kier molecular flexibility index (Phi) is 1.89. The molecule has 0 atom stereocenters. The molecule has 0 saturated heterocycles. The van der Waals surface area contributed by atoms with Crippen molar-refractivity contribution in [2.75, 3.05) is 0 Å². The fourth-order valence-electron chi connectivity index (χ4n) is 0.340. The summed E-state index contributed by atoms with van der Waals surface area (Å²) >= 11 is 3.09. The Balaban J connectivity index is 2.81. The molecule has 1 N–H and O–H groups in total. The average molecular weight is 433 g/mol. The van der Waals surface area contributed by atoms with Crippen LogP contribution in [-0.4, -0.2) is 7.92 Å². The van der Waals surface area contributed by atoms with Crippen molar-refractivity contribution in [3.8, 4) is 0 Å². The molecule has 0 aliphatic carbocycles. The molecule has 36 valence electrons. The van der Waals surface area contributed by atoms with Gasteiger partial charge in [0.15, 0.2) is 0 Å². The second-order valence-electron chi connectivity index (χ2n) is 1.17. The van der Waals surface area contributed by atoms with Gasteiger partial charge in [0.05, 0.1) is 0 Å². The van der Waals surface area contributed by atoms with E-state index in [1.165, 1.54) is 27.3 Å². The normalized spacial score (nSPS) is 17.7. The molecule has 3 heteroatoms. The maximum absolute atomic E-state index is 3.13. The van der Waals surface area contributed by atoms with Crippen molar-refractivity contribution in [2.45, 2.75) is 0 Å².